The number of nitrogens with zero attached hydrogens (tertiary/aromatic N) is 2. The van der Waals surface area contributed by atoms with Gasteiger partial charge in [-0.1, -0.05) is 24.3 Å². The quantitative estimate of drug-likeness (QED) is 0.153. The summed E-state index contributed by atoms with van der Waals surface area (Å²) in [5, 5.41) is 11.6. The summed E-state index contributed by atoms with van der Waals surface area (Å²) in [7, 11) is 4.34. The minimum absolute atomic E-state index is 0.0260. The maximum absolute atomic E-state index is 13.8. The zero-order valence-corrected chi connectivity index (χ0v) is 18.6. The SMILES string of the molecule is COc1cc(C(=O)C(=Cc2ccccc2[N+](=O)[O-])c2nc3ccccc3o2)cc(OC)c1OC. The topological polar surface area (TPSA) is 114 Å². The number of allylic oxidation sites excluding steroid dienone is 1. The van der Waals surface area contributed by atoms with E-state index in [1.807, 2.05) is 0 Å². The maximum Gasteiger partial charge on any atom is 0.276 e. The van der Waals surface area contributed by atoms with Crippen LogP contribution in [0.5, 0.6) is 17.2 Å². The van der Waals surface area contributed by atoms with Gasteiger partial charge in [0.25, 0.3) is 5.69 Å². The van der Waals surface area contributed by atoms with Crippen molar-refractivity contribution in [3.05, 3.63) is 87.8 Å². The summed E-state index contributed by atoms with van der Waals surface area (Å²) in [5.74, 6) is 0.426. The lowest BCUT2D eigenvalue weighted by atomic mass is 9.99. The number of Topliss-reactive ketones (excluding diaryl/α,β-unsaturated/α-hetero) is 1. The molecule has 0 unspecified atom stereocenters. The Hall–Kier alpha value is -4.66. The summed E-state index contributed by atoms with van der Waals surface area (Å²) >= 11 is 0. The first-order valence-electron chi connectivity index (χ1n) is 10.1. The van der Waals surface area contributed by atoms with Crippen LogP contribution in [0.15, 0.2) is 65.1 Å². The molecule has 0 bridgehead atoms. The van der Waals surface area contributed by atoms with E-state index in [0.29, 0.717) is 16.8 Å². The summed E-state index contributed by atoms with van der Waals surface area (Å²) in [5.41, 5.74) is 1.31. The van der Waals surface area contributed by atoms with Crippen LogP contribution in [0.3, 0.4) is 0 Å². The first kappa shape index (κ1) is 22.5. The number of methoxy groups -OCH3 is 3. The second-order valence-electron chi connectivity index (χ2n) is 7.10. The zero-order valence-electron chi connectivity index (χ0n) is 18.6. The molecule has 0 fully saturated rings. The third kappa shape index (κ3) is 4.18. The molecule has 0 saturated heterocycles. The Morgan fingerprint density at radius 3 is 2.24 bits per heavy atom. The number of nitro groups is 1. The number of carbonyl (C=O) groups is 1. The van der Waals surface area contributed by atoms with Gasteiger partial charge in [0.15, 0.2) is 22.9 Å². The van der Waals surface area contributed by atoms with Crippen LogP contribution in [0.1, 0.15) is 21.8 Å². The fourth-order valence-corrected chi connectivity index (χ4v) is 3.51. The van der Waals surface area contributed by atoms with Crippen molar-refractivity contribution >= 4 is 34.2 Å². The average Bonchev–Trinajstić information content (AvgIpc) is 3.30. The Labute approximate surface area is 194 Å². The molecule has 0 saturated carbocycles. The lowest BCUT2D eigenvalue weighted by Gasteiger charge is -2.14. The van der Waals surface area contributed by atoms with Crippen LogP contribution >= 0.6 is 0 Å². The van der Waals surface area contributed by atoms with Gasteiger partial charge >= 0.3 is 0 Å². The van der Waals surface area contributed by atoms with E-state index in [4.69, 9.17) is 18.6 Å². The van der Waals surface area contributed by atoms with Gasteiger partial charge in [0.1, 0.15) is 5.52 Å². The fraction of sp³-hybridized carbons (Fsp3) is 0.120. The standard InChI is InChI=1S/C25H20N2O7/c1-31-21-13-16(14-22(32-2)24(21)33-3)23(28)17(12-15-8-4-6-10-19(15)27(29)30)25-26-18-9-5-7-11-20(18)34-25/h4-14H,1-3H3. The molecule has 3 aromatic carbocycles. The highest BCUT2D eigenvalue weighted by molar-refractivity contribution is 6.32. The van der Waals surface area contributed by atoms with Gasteiger partial charge in [-0.05, 0) is 36.4 Å². The normalized spacial score (nSPS) is 11.3. The molecule has 0 aliphatic carbocycles. The largest absolute Gasteiger partial charge is 0.493 e. The number of hydrogen-bond acceptors (Lipinski definition) is 8. The van der Waals surface area contributed by atoms with Crippen molar-refractivity contribution in [2.75, 3.05) is 21.3 Å². The van der Waals surface area contributed by atoms with E-state index in [0.717, 1.165) is 0 Å². The van der Waals surface area contributed by atoms with Crippen LogP contribution in [-0.2, 0) is 0 Å². The number of para-hydroxylation sites is 3. The van der Waals surface area contributed by atoms with E-state index in [1.54, 1.807) is 42.5 Å². The Balaban J connectivity index is 1.94. The fourth-order valence-electron chi connectivity index (χ4n) is 3.51. The lowest BCUT2D eigenvalue weighted by molar-refractivity contribution is -0.385. The third-order valence-corrected chi connectivity index (χ3v) is 5.13. The molecule has 0 aliphatic heterocycles. The van der Waals surface area contributed by atoms with Gasteiger partial charge in [0, 0.05) is 11.6 Å². The van der Waals surface area contributed by atoms with E-state index in [1.165, 1.54) is 45.6 Å². The first-order chi connectivity index (χ1) is 16.5. The average molecular weight is 460 g/mol. The zero-order chi connectivity index (χ0) is 24.2. The molecular weight excluding hydrogens is 440 g/mol. The van der Waals surface area contributed by atoms with Crippen LogP contribution in [0, 0.1) is 10.1 Å². The highest BCUT2D eigenvalue weighted by Gasteiger charge is 2.25. The smallest absolute Gasteiger partial charge is 0.276 e. The lowest BCUT2D eigenvalue weighted by Crippen LogP contribution is -2.06. The Kier molecular flexibility index (Phi) is 6.26. The molecule has 1 heterocycles. The molecule has 4 aromatic rings. The number of aromatic nitrogens is 1. The van der Waals surface area contributed by atoms with Crippen molar-refractivity contribution in [3.8, 4) is 17.2 Å². The van der Waals surface area contributed by atoms with Crippen LogP contribution < -0.4 is 14.2 Å². The van der Waals surface area contributed by atoms with E-state index >= 15 is 0 Å². The van der Waals surface area contributed by atoms with Gasteiger partial charge in [-0.2, -0.15) is 0 Å². The maximum atomic E-state index is 13.8. The predicted molar refractivity (Wildman–Crippen MR) is 125 cm³/mol. The molecule has 0 radical (unpaired) electrons. The molecule has 1 aromatic heterocycles. The molecule has 34 heavy (non-hydrogen) atoms. The first-order valence-corrected chi connectivity index (χ1v) is 10.1. The van der Waals surface area contributed by atoms with Gasteiger partial charge in [0.05, 0.1) is 37.4 Å². The minimum atomic E-state index is -0.514. The number of ketones is 1. The summed E-state index contributed by atoms with van der Waals surface area (Å²) in [4.78, 5) is 29.2. The molecule has 0 N–H and O–H groups in total. The van der Waals surface area contributed by atoms with Gasteiger partial charge in [0.2, 0.25) is 11.6 Å². The monoisotopic (exact) mass is 460 g/mol. The van der Waals surface area contributed by atoms with Crippen LogP contribution in [0.2, 0.25) is 0 Å². The predicted octanol–water partition coefficient (Wildman–Crippen LogP) is 5.19. The van der Waals surface area contributed by atoms with E-state index in [-0.39, 0.29) is 39.8 Å². The van der Waals surface area contributed by atoms with Crippen LogP contribution in [0.25, 0.3) is 22.7 Å². The van der Waals surface area contributed by atoms with Gasteiger partial charge < -0.3 is 18.6 Å². The number of oxazole rings is 1. The van der Waals surface area contributed by atoms with Crippen LogP contribution in [-0.4, -0.2) is 37.0 Å². The van der Waals surface area contributed by atoms with Crippen molar-refractivity contribution in [3.63, 3.8) is 0 Å². The highest BCUT2D eigenvalue weighted by atomic mass is 16.6. The number of benzene rings is 3. The van der Waals surface area contributed by atoms with Gasteiger partial charge in [-0.25, -0.2) is 4.98 Å². The minimum Gasteiger partial charge on any atom is -0.493 e. The number of ether oxygens (including phenoxy) is 3. The number of nitro benzene ring substituents is 1. The van der Waals surface area contributed by atoms with Crippen molar-refractivity contribution in [2.45, 2.75) is 0 Å². The Bertz CT molecular complexity index is 1360. The summed E-state index contributed by atoms with van der Waals surface area (Å²) in [6.45, 7) is 0. The van der Waals surface area contributed by atoms with Crippen molar-refractivity contribution in [1.29, 1.82) is 0 Å². The molecule has 172 valence electrons. The van der Waals surface area contributed by atoms with E-state index in [9.17, 15) is 14.9 Å². The Morgan fingerprint density at radius 2 is 1.62 bits per heavy atom. The van der Waals surface area contributed by atoms with Crippen molar-refractivity contribution < 1.29 is 28.3 Å². The summed E-state index contributed by atoms with van der Waals surface area (Å²) < 4.78 is 21.9. The van der Waals surface area contributed by atoms with Crippen molar-refractivity contribution in [1.82, 2.24) is 4.98 Å². The second kappa shape index (κ2) is 9.45. The molecule has 0 atom stereocenters. The number of hydrogen-bond donors (Lipinski definition) is 0. The molecule has 0 spiro atoms. The molecule has 9 heteroatoms. The number of rotatable bonds is 8. The summed E-state index contributed by atoms with van der Waals surface area (Å²) in [6.07, 6.45) is 1.40. The number of fused-ring (bicyclic) bond motifs is 1. The molecule has 0 aliphatic rings. The number of carbonyl (C=O) groups excluding carboxylic acids is 1. The van der Waals surface area contributed by atoms with Gasteiger partial charge in [-0.3, -0.25) is 14.9 Å². The summed E-state index contributed by atoms with van der Waals surface area (Å²) in [6, 6.07) is 16.1. The van der Waals surface area contributed by atoms with Gasteiger partial charge in [-0.15, -0.1) is 0 Å². The Morgan fingerprint density at radius 1 is 0.971 bits per heavy atom. The molecule has 9 nitrogen and oxygen atoms in total. The molecule has 0 amide bonds. The van der Waals surface area contributed by atoms with Crippen LogP contribution in [0.4, 0.5) is 5.69 Å². The van der Waals surface area contributed by atoms with Crippen molar-refractivity contribution in [2.24, 2.45) is 0 Å². The molecular formula is C25H20N2O7. The van der Waals surface area contributed by atoms with E-state index < -0.39 is 10.7 Å². The molecule has 4 rings (SSSR count). The highest BCUT2D eigenvalue weighted by Crippen LogP contribution is 2.39. The van der Waals surface area contributed by atoms with E-state index in [2.05, 4.69) is 4.98 Å². The second-order valence-corrected chi connectivity index (χ2v) is 7.10. The third-order valence-electron chi connectivity index (χ3n) is 5.13.